The van der Waals surface area contributed by atoms with E-state index in [9.17, 15) is 13.2 Å². The van der Waals surface area contributed by atoms with Crippen LogP contribution in [0.5, 0.6) is 0 Å². The van der Waals surface area contributed by atoms with Crippen LogP contribution in [0.2, 0.25) is 0 Å². The van der Waals surface area contributed by atoms with Crippen molar-refractivity contribution in [1.82, 2.24) is 4.98 Å². The lowest BCUT2D eigenvalue weighted by Gasteiger charge is -2.06. The van der Waals surface area contributed by atoms with Crippen LogP contribution in [0.3, 0.4) is 0 Å². The van der Waals surface area contributed by atoms with Crippen molar-refractivity contribution in [2.24, 2.45) is 0 Å². The molecule has 1 nitrogen and oxygen atoms in total. The molecule has 0 amide bonds. The van der Waals surface area contributed by atoms with Gasteiger partial charge in [0.05, 0.1) is 16.1 Å². The maximum Gasteiger partial charge on any atom is 0.416 e. The van der Waals surface area contributed by atoms with E-state index in [0.29, 0.717) is 5.56 Å². The molecule has 0 N–H and O–H groups in total. The number of hydrogen-bond acceptors (Lipinski definition) is 3. The number of aryl methyl sites for hydroxylation is 1. The molecule has 0 radical (unpaired) electrons. The fraction of sp³-hybridized carbons (Fsp3) is 0.133. The van der Waals surface area contributed by atoms with Crippen molar-refractivity contribution < 1.29 is 13.2 Å². The zero-order valence-corrected chi connectivity index (χ0v) is 12.6. The predicted molar refractivity (Wildman–Crippen MR) is 80.6 cm³/mol. The Morgan fingerprint density at radius 2 is 1.71 bits per heavy atom. The SMILES string of the molecule is Cc1ccc(-c2csc(-c3ccc(C(F)(F)F)cc3)n2)s1. The monoisotopic (exact) mass is 325 g/mol. The van der Waals surface area contributed by atoms with E-state index >= 15 is 0 Å². The number of rotatable bonds is 2. The minimum Gasteiger partial charge on any atom is -0.235 e. The quantitative estimate of drug-likeness (QED) is 0.574. The first-order valence-corrected chi connectivity index (χ1v) is 7.83. The van der Waals surface area contributed by atoms with Gasteiger partial charge in [-0.05, 0) is 31.2 Å². The summed E-state index contributed by atoms with van der Waals surface area (Å²) in [6, 6.07) is 9.14. The Balaban J connectivity index is 1.90. The second kappa shape index (κ2) is 5.27. The van der Waals surface area contributed by atoms with Gasteiger partial charge in [0, 0.05) is 15.8 Å². The molecule has 0 bridgehead atoms. The van der Waals surface area contributed by atoms with E-state index in [4.69, 9.17) is 0 Å². The summed E-state index contributed by atoms with van der Waals surface area (Å²) in [6.45, 7) is 2.03. The van der Waals surface area contributed by atoms with Crippen LogP contribution >= 0.6 is 22.7 Å². The molecule has 2 heterocycles. The largest absolute Gasteiger partial charge is 0.416 e. The highest BCUT2D eigenvalue weighted by molar-refractivity contribution is 7.16. The molecule has 21 heavy (non-hydrogen) atoms. The normalized spacial score (nSPS) is 11.8. The summed E-state index contributed by atoms with van der Waals surface area (Å²) in [5.41, 5.74) is 0.928. The number of thiophene rings is 1. The van der Waals surface area contributed by atoms with Gasteiger partial charge in [-0.15, -0.1) is 22.7 Å². The molecule has 0 aliphatic heterocycles. The molecule has 3 rings (SSSR count). The fourth-order valence-electron chi connectivity index (χ4n) is 1.89. The highest BCUT2D eigenvalue weighted by atomic mass is 32.1. The molecular formula is C15H10F3NS2. The smallest absolute Gasteiger partial charge is 0.235 e. The number of alkyl halides is 3. The van der Waals surface area contributed by atoms with Gasteiger partial charge < -0.3 is 0 Å². The van der Waals surface area contributed by atoms with Gasteiger partial charge in [-0.2, -0.15) is 13.2 Å². The number of hydrogen-bond donors (Lipinski definition) is 0. The van der Waals surface area contributed by atoms with E-state index < -0.39 is 11.7 Å². The van der Waals surface area contributed by atoms with Crippen molar-refractivity contribution in [2.75, 3.05) is 0 Å². The third-order valence-corrected chi connectivity index (χ3v) is 4.87. The van der Waals surface area contributed by atoms with Crippen LogP contribution in [0.15, 0.2) is 41.8 Å². The first-order chi connectivity index (χ1) is 9.93. The number of benzene rings is 1. The standard InChI is InChI=1S/C15H10F3NS2/c1-9-2-7-13(21-9)12-8-20-14(19-12)10-3-5-11(6-4-10)15(16,17)18/h2-8H,1H3. The molecular weight excluding hydrogens is 315 g/mol. The molecule has 6 heteroatoms. The Kier molecular flexibility index (Phi) is 3.59. The van der Waals surface area contributed by atoms with Crippen molar-refractivity contribution in [3.8, 4) is 21.1 Å². The van der Waals surface area contributed by atoms with Gasteiger partial charge in [0.25, 0.3) is 0 Å². The van der Waals surface area contributed by atoms with E-state index in [1.807, 2.05) is 24.4 Å². The second-order valence-corrected chi connectivity index (χ2v) is 6.67. The Morgan fingerprint density at radius 1 is 1.00 bits per heavy atom. The third-order valence-electron chi connectivity index (χ3n) is 2.96. The Hall–Kier alpha value is -1.66. The molecule has 1 aromatic carbocycles. The lowest BCUT2D eigenvalue weighted by Crippen LogP contribution is -2.03. The van der Waals surface area contributed by atoms with Crippen LogP contribution in [-0.4, -0.2) is 4.98 Å². The van der Waals surface area contributed by atoms with Crippen molar-refractivity contribution in [1.29, 1.82) is 0 Å². The summed E-state index contributed by atoms with van der Waals surface area (Å²) in [6.07, 6.45) is -4.30. The Bertz CT molecular complexity index is 754. The Labute approximate surface area is 127 Å². The van der Waals surface area contributed by atoms with Gasteiger partial charge in [0.2, 0.25) is 0 Å². The van der Waals surface area contributed by atoms with Crippen LogP contribution < -0.4 is 0 Å². The molecule has 0 fully saturated rings. The predicted octanol–water partition coefficient (Wildman–Crippen LogP) is 5.87. The van der Waals surface area contributed by atoms with Crippen LogP contribution in [-0.2, 0) is 6.18 Å². The summed E-state index contributed by atoms with van der Waals surface area (Å²) in [7, 11) is 0. The minimum atomic E-state index is -4.30. The van der Waals surface area contributed by atoms with Gasteiger partial charge in [-0.3, -0.25) is 0 Å². The zero-order chi connectivity index (χ0) is 15.0. The summed E-state index contributed by atoms with van der Waals surface area (Å²) in [5.74, 6) is 0. The van der Waals surface area contributed by atoms with Crippen molar-refractivity contribution >= 4 is 22.7 Å². The fourth-order valence-corrected chi connectivity index (χ4v) is 3.62. The first kappa shape index (κ1) is 14.3. The molecule has 0 aliphatic rings. The van der Waals surface area contributed by atoms with E-state index in [2.05, 4.69) is 4.98 Å². The first-order valence-electron chi connectivity index (χ1n) is 6.13. The molecule has 2 aromatic heterocycles. The molecule has 0 spiro atoms. The van der Waals surface area contributed by atoms with Gasteiger partial charge in [-0.25, -0.2) is 4.98 Å². The third kappa shape index (κ3) is 3.01. The second-order valence-electron chi connectivity index (χ2n) is 4.52. The maximum absolute atomic E-state index is 12.5. The van der Waals surface area contributed by atoms with Crippen LogP contribution in [0.25, 0.3) is 21.1 Å². The zero-order valence-electron chi connectivity index (χ0n) is 10.9. The summed E-state index contributed by atoms with van der Waals surface area (Å²) >= 11 is 3.08. The molecule has 0 unspecified atom stereocenters. The average molecular weight is 325 g/mol. The topological polar surface area (TPSA) is 12.9 Å². The molecule has 0 aliphatic carbocycles. The Morgan fingerprint density at radius 3 is 2.29 bits per heavy atom. The van der Waals surface area contributed by atoms with E-state index in [1.165, 1.54) is 28.3 Å². The number of nitrogens with zero attached hydrogens (tertiary/aromatic N) is 1. The highest BCUT2D eigenvalue weighted by Gasteiger charge is 2.30. The molecule has 0 saturated heterocycles. The van der Waals surface area contributed by atoms with Crippen molar-refractivity contribution in [2.45, 2.75) is 13.1 Å². The summed E-state index contributed by atoms with van der Waals surface area (Å²) in [4.78, 5) is 6.78. The molecule has 3 aromatic rings. The lowest BCUT2D eigenvalue weighted by atomic mass is 10.1. The summed E-state index contributed by atoms with van der Waals surface area (Å²) in [5, 5.41) is 2.66. The molecule has 0 saturated carbocycles. The maximum atomic E-state index is 12.5. The number of halogens is 3. The lowest BCUT2D eigenvalue weighted by molar-refractivity contribution is -0.137. The van der Waals surface area contributed by atoms with Gasteiger partial charge in [-0.1, -0.05) is 12.1 Å². The van der Waals surface area contributed by atoms with Crippen molar-refractivity contribution in [3.05, 3.63) is 52.2 Å². The minimum absolute atomic E-state index is 0.642. The van der Waals surface area contributed by atoms with Gasteiger partial charge in [0.1, 0.15) is 5.01 Å². The molecule has 108 valence electrons. The van der Waals surface area contributed by atoms with Gasteiger partial charge in [0.15, 0.2) is 0 Å². The number of aromatic nitrogens is 1. The van der Waals surface area contributed by atoms with Crippen LogP contribution in [0.4, 0.5) is 13.2 Å². The van der Waals surface area contributed by atoms with E-state index in [1.54, 1.807) is 11.3 Å². The summed E-state index contributed by atoms with van der Waals surface area (Å²) < 4.78 is 37.6. The number of thiazole rings is 1. The highest BCUT2D eigenvalue weighted by Crippen LogP contribution is 2.34. The average Bonchev–Trinajstić information content (AvgIpc) is 3.06. The van der Waals surface area contributed by atoms with E-state index in [0.717, 1.165) is 27.7 Å². The van der Waals surface area contributed by atoms with Crippen LogP contribution in [0, 0.1) is 6.92 Å². The van der Waals surface area contributed by atoms with Gasteiger partial charge >= 0.3 is 6.18 Å². The van der Waals surface area contributed by atoms with Crippen LogP contribution in [0.1, 0.15) is 10.4 Å². The molecule has 0 atom stereocenters. The van der Waals surface area contributed by atoms with Crippen molar-refractivity contribution in [3.63, 3.8) is 0 Å². The van der Waals surface area contributed by atoms with E-state index in [-0.39, 0.29) is 0 Å².